The summed E-state index contributed by atoms with van der Waals surface area (Å²) in [6.07, 6.45) is 5.39. The van der Waals surface area contributed by atoms with E-state index in [1.807, 2.05) is 0 Å². The summed E-state index contributed by atoms with van der Waals surface area (Å²) in [6, 6.07) is 2.54. The molecule has 152 valence electrons. The van der Waals surface area contributed by atoms with Gasteiger partial charge in [0.25, 0.3) is 5.91 Å². The molecule has 4 heterocycles. The lowest BCUT2D eigenvalue weighted by atomic mass is 9.67. The van der Waals surface area contributed by atoms with Crippen molar-refractivity contribution in [3.8, 4) is 0 Å². The maximum Gasteiger partial charge on any atom is 0.275 e. The Kier molecular flexibility index (Phi) is 4.60. The Hall–Kier alpha value is -2.04. The number of rotatable bonds is 3. The molecule has 0 aromatic carbocycles. The van der Waals surface area contributed by atoms with Gasteiger partial charge in [0.2, 0.25) is 0 Å². The number of carbonyl (C=O) groups excluding carboxylic acids is 1. The molecule has 1 amide bonds. The topological polar surface area (TPSA) is 102 Å². The monoisotopic (exact) mass is 433 g/mol. The van der Waals surface area contributed by atoms with Crippen molar-refractivity contribution in [1.29, 1.82) is 0 Å². The average molecular weight is 434 g/mol. The summed E-state index contributed by atoms with van der Waals surface area (Å²) in [5.41, 5.74) is 5.61. The summed E-state index contributed by atoms with van der Waals surface area (Å²) in [5.74, 6) is 0.676. The van der Waals surface area contributed by atoms with Crippen LogP contribution in [-0.4, -0.2) is 39.0 Å². The summed E-state index contributed by atoms with van der Waals surface area (Å²) < 4.78 is 19.3. The molecule has 0 radical (unpaired) electrons. The molecule has 29 heavy (non-hydrogen) atoms. The SMILES string of the molecule is NC1=N[C@@]2(c3nc(NC(=O)c4ccc(F)cn4)cs3)COC3(CCC3)C[C@H]2CS1. The fourth-order valence-electron chi connectivity index (χ4n) is 4.22. The standard InChI is InChI=1S/C19H20FN5O2S2/c20-12-2-3-13(22-7-12)15(26)23-14-9-28-16(24-14)19-10-27-18(4-1-5-18)6-11(19)8-29-17(21)25-19/h2-3,7,9,11H,1,4-6,8,10H2,(H2,21,25)(H,23,26)/t11-,19-/m0/s1. The van der Waals surface area contributed by atoms with Gasteiger partial charge in [-0.2, -0.15) is 0 Å². The molecular weight excluding hydrogens is 413 g/mol. The van der Waals surface area contributed by atoms with Crippen LogP contribution in [-0.2, 0) is 10.3 Å². The largest absolute Gasteiger partial charge is 0.379 e. The Balaban J connectivity index is 1.40. The number of nitrogens with two attached hydrogens (primary N) is 1. The number of thioether (sulfide) groups is 1. The molecule has 3 aliphatic rings. The van der Waals surface area contributed by atoms with E-state index < -0.39 is 17.3 Å². The van der Waals surface area contributed by atoms with Gasteiger partial charge in [-0.25, -0.2) is 19.4 Å². The molecule has 1 spiro atoms. The van der Waals surface area contributed by atoms with E-state index in [0.29, 0.717) is 23.5 Å². The van der Waals surface area contributed by atoms with Crippen LogP contribution >= 0.6 is 23.1 Å². The van der Waals surface area contributed by atoms with Crippen LogP contribution in [0, 0.1) is 11.7 Å². The molecule has 3 N–H and O–H groups in total. The zero-order chi connectivity index (χ0) is 20.1. The number of aliphatic imine (C=N–C) groups is 1. The zero-order valence-electron chi connectivity index (χ0n) is 15.6. The fourth-order valence-corrected chi connectivity index (χ4v) is 6.17. The number of hydrogen-bond donors (Lipinski definition) is 2. The highest BCUT2D eigenvalue weighted by atomic mass is 32.2. The summed E-state index contributed by atoms with van der Waals surface area (Å²) in [6.45, 7) is 0.458. The van der Waals surface area contributed by atoms with E-state index in [4.69, 9.17) is 15.5 Å². The third kappa shape index (κ3) is 3.32. The van der Waals surface area contributed by atoms with Crippen LogP contribution < -0.4 is 11.1 Å². The summed E-state index contributed by atoms with van der Waals surface area (Å²) >= 11 is 3.03. The maximum absolute atomic E-state index is 13.0. The molecule has 2 aromatic heterocycles. The van der Waals surface area contributed by atoms with Crippen molar-refractivity contribution in [2.75, 3.05) is 17.7 Å². The summed E-state index contributed by atoms with van der Waals surface area (Å²) in [5, 5.41) is 5.85. The Morgan fingerprint density at radius 2 is 2.24 bits per heavy atom. The number of amidine groups is 1. The van der Waals surface area contributed by atoms with E-state index in [-0.39, 0.29) is 11.3 Å². The first-order valence-electron chi connectivity index (χ1n) is 9.49. The number of hydrogen-bond acceptors (Lipinski definition) is 8. The number of ether oxygens (including phenoxy) is 1. The summed E-state index contributed by atoms with van der Waals surface area (Å²) in [7, 11) is 0. The van der Waals surface area contributed by atoms with Gasteiger partial charge < -0.3 is 15.8 Å². The van der Waals surface area contributed by atoms with E-state index >= 15 is 0 Å². The van der Waals surface area contributed by atoms with E-state index in [1.54, 1.807) is 17.1 Å². The van der Waals surface area contributed by atoms with Crippen LogP contribution in [0.5, 0.6) is 0 Å². The second kappa shape index (κ2) is 7.03. The van der Waals surface area contributed by atoms with Crippen LogP contribution in [0.15, 0.2) is 28.7 Å². The van der Waals surface area contributed by atoms with Crippen molar-refractivity contribution in [1.82, 2.24) is 9.97 Å². The molecular formula is C19H20FN5O2S2. The molecule has 2 fully saturated rings. The number of halogens is 1. The molecule has 1 aliphatic carbocycles. The number of amides is 1. The number of aromatic nitrogens is 2. The van der Waals surface area contributed by atoms with Crippen LogP contribution in [0.3, 0.4) is 0 Å². The van der Waals surface area contributed by atoms with Gasteiger partial charge in [0, 0.05) is 17.1 Å². The van der Waals surface area contributed by atoms with Gasteiger partial charge in [0.05, 0.1) is 18.4 Å². The first-order chi connectivity index (χ1) is 14.0. The van der Waals surface area contributed by atoms with Crippen molar-refractivity contribution in [3.05, 3.63) is 40.2 Å². The third-order valence-electron chi connectivity index (χ3n) is 5.98. The third-order valence-corrected chi connectivity index (χ3v) is 7.94. The highest BCUT2D eigenvalue weighted by molar-refractivity contribution is 8.13. The molecule has 2 aromatic rings. The van der Waals surface area contributed by atoms with E-state index in [9.17, 15) is 9.18 Å². The Bertz CT molecular complexity index is 975. The van der Waals surface area contributed by atoms with Crippen molar-refractivity contribution in [3.63, 3.8) is 0 Å². The number of thiazole rings is 1. The molecule has 10 heteroatoms. The minimum atomic E-state index is -0.599. The number of carbonyl (C=O) groups is 1. The molecule has 0 bridgehead atoms. The highest BCUT2D eigenvalue weighted by Gasteiger charge is 2.56. The normalized spacial score (nSPS) is 27.6. The minimum Gasteiger partial charge on any atom is -0.379 e. The minimum absolute atomic E-state index is 0.00108. The van der Waals surface area contributed by atoms with Crippen LogP contribution in [0.4, 0.5) is 10.2 Å². The van der Waals surface area contributed by atoms with E-state index in [2.05, 4.69) is 15.3 Å². The number of pyridine rings is 1. The summed E-state index contributed by atoms with van der Waals surface area (Å²) in [4.78, 5) is 25.6. The molecule has 2 atom stereocenters. The second-order valence-corrected chi connectivity index (χ2v) is 9.66. The smallest absolute Gasteiger partial charge is 0.275 e. The van der Waals surface area contributed by atoms with Crippen LogP contribution in [0.1, 0.15) is 41.2 Å². The van der Waals surface area contributed by atoms with E-state index in [0.717, 1.165) is 36.2 Å². The molecule has 1 saturated carbocycles. The van der Waals surface area contributed by atoms with Gasteiger partial charge in [-0.1, -0.05) is 11.8 Å². The number of fused-ring (bicyclic) bond motifs is 1. The van der Waals surface area contributed by atoms with Crippen LogP contribution in [0.2, 0.25) is 0 Å². The molecule has 1 saturated heterocycles. The Morgan fingerprint density at radius 1 is 1.38 bits per heavy atom. The molecule has 5 rings (SSSR count). The maximum atomic E-state index is 13.0. The number of nitrogens with one attached hydrogen (secondary N) is 1. The van der Waals surface area contributed by atoms with Crippen LogP contribution in [0.25, 0.3) is 0 Å². The quantitative estimate of drug-likeness (QED) is 0.771. The van der Waals surface area contributed by atoms with Crippen molar-refractivity contribution < 1.29 is 13.9 Å². The lowest BCUT2D eigenvalue weighted by Crippen LogP contribution is -2.57. The fraction of sp³-hybridized carbons (Fsp3) is 0.474. The number of nitrogens with zero attached hydrogens (tertiary/aromatic N) is 3. The Labute approximate surface area is 175 Å². The van der Waals surface area contributed by atoms with Gasteiger partial charge in [0.1, 0.15) is 27.9 Å². The lowest BCUT2D eigenvalue weighted by Gasteiger charge is -2.53. The van der Waals surface area contributed by atoms with Gasteiger partial charge in [-0.15, -0.1) is 11.3 Å². The number of anilines is 1. The first kappa shape index (κ1) is 19.0. The predicted octanol–water partition coefficient (Wildman–Crippen LogP) is 3.15. The van der Waals surface area contributed by atoms with Gasteiger partial charge in [-0.05, 0) is 37.8 Å². The molecule has 0 unspecified atom stereocenters. The lowest BCUT2D eigenvalue weighted by molar-refractivity contribution is -0.169. The molecule has 7 nitrogen and oxygen atoms in total. The zero-order valence-corrected chi connectivity index (χ0v) is 17.2. The Morgan fingerprint density at radius 3 is 2.97 bits per heavy atom. The first-order valence-corrected chi connectivity index (χ1v) is 11.4. The highest BCUT2D eigenvalue weighted by Crippen LogP contribution is 2.54. The predicted molar refractivity (Wildman–Crippen MR) is 111 cm³/mol. The van der Waals surface area contributed by atoms with Crippen molar-refractivity contribution >= 4 is 40.0 Å². The molecule has 2 aliphatic heterocycles. The van der Waals surface area contributed by atoms with Gasteiger partial charge >= 0.3 is 0 Å². The van der Waals surface area contributed by atoms with Crippen molar-refractivity contribution in [2.45, 2.75) is 36.8 Å². The van der Waals surface area contributed by atoms with Gasteiger partial charge in [-0.3, -0.25) is 4.79 Å². The van der Waals surface area contributed by atoms with Gasteiger partial charge in [0.15, 0.2) is 5.17 Å². The average Bonchev–Trinajstić information content (AvgIpc) is 3.16. The van der Waals surface area contributed by atoms with E-state index in [1.165, 1.54) is 29.9 Å². The second-order valence-electron chi connectivity index (χ2n) is 7.77. The van der Waals surface area contributed by atoms with Crippen molar-refractivity contribution in [2.24, 2.45) is 16.6 Å².